The van der Waals surface area contributed by atoms with Crippen LogP contribution in [0.1, 0.15) is 23.2 Å². The number of likely N-dealkylation sites (tertiary alicyclic amines) is 1. The maximum Gasteiger partial charge on any atom is 0.254 e. The second-order valence-electron chi connectivity index (χ2n) is 6.61. The average molecular weight is 311 g/mol. The van der Waals surface area contributed by atoms with E-state index in [2.05, 4.69) is 6.07 Å². The number of hydrogen-bond donors (Lipinski definition) is 0. The average Bonchev–Trinajstić information content (AvgIpc) is 2.58. The molecule has 4 rings (SSSR count). The van der Waals surface area contributed by atoms with Gasteiger partial charge in [-0.1, -0.05) is 30.3 Å². The molecule has 0 saturated carbocycles. The van der Waals surface area contributed by atoms with Crippen LogP contribution in [0.25, 0.3) is 10.8 Å². The standard InChI is InChI=1S/C19H21NO3/c1-22-17-8-9-23-19(11-17)12-20(13-19)18(21)16-7-6-14-4-2-3-5-15(14)10-16/h2-7,10,17H,8-9,11-13H2,1H3. The number of carbonyl (C=O) groups excluding carboxylic acids is 1. The summed E-state index contributed by atoms with van der Waals surface area (Å²) in [6, 6.07) is 14.0. The molecule has 2 aliphatic rings. The van der Waals surface area contributed by atoms with Crippen molar-refractivity contribution in [1.82, 2.24) is 4.90 Å². The number of benzene rings is 2. The van der Waals surface area contributed by atoms with Gasteiger partial charge in [0.2, 0.25) is 0 Å². The summed E-state index contributed by atoms with van der Waals surface area (Å²) in [7, 11) is 1.75. The number of ether oxygens (including phenoxy) is 2. The molecule has 2 heterocycles. The Morgan fingerprint density at radius 2 is 2.00 bits per heavy atom. The molecule has 1 amide bonds. The van der Waals surface area contributed by atoms with Crippen molar-refractivity contribution >= 4 is 16.7 Å². The maximum atomic E-state index is 12.7. The van der Waals surface area contributed by atoms with E-state index in [-0.39, 0.29) is 17.6 Å². The smallest absolute Gasteiger partial charge is 0.254 e. The molecule has 4 heteroatoms. The molecule has 1 atom stereocenters. The minimum atomic E-state index is -0.189. The number of nitrogens with zero attached hydrogens (tertiary/aromatic N) is 1. The molecule has 2 aromatic rings. The predicted octanol–water partition coefficient (Wildman–Crippen LogP) is 2.86. The summed E-state index contributed by atoms with van der Waals surface area (Å²) in [6.07, 6.45) is 2.07. The molecule has 1 unspecified atom stereocenters. The Labute approximate surface area is 136 Å². The van der Waals surface area contributed by atoms with Gasteiger partial charge in [0.25, 0.3) is 5.91 Å². The van der Waals surface area contributed by atoms with E-state index in [9.17, 15) is 4.79 Å². The molecule has 1 spiro atoms. The highest BCUT2D eigenvalue weighted by atomic mass is 16.5. The van der Waals surface area contributed by atoms with Gasteiger partial charge in [-0.15, -0.1) is 0 Å². The van der Waals surface area contributed by atoms with Crippen LogP contribution in [0.3, 0.4) is 0 Å². The summed E-state index contributed by atoms with van der Waals surface area (Å²) in [5, 5.41) is 2.25. The fraction of sp³-hybridized carbons (Fsp3) is 0.421. The summed E-state index contributed by atoms with van der Waals surface area (Å²) < 4.78 is 11.4. The molecule has 0 bridgehead atoms. The lowest BCUT2D eigenvalue weighted by Gasteiger charge is -2.52. The zero-order valence-corrected chi connectivity index (χ0v) is 13.3. The first-order valence-corrected chi connectivity index (χ1v) is 8.14. The molecule has 0 radical (unpaired) electrons. The number of hydrogen-bond acceptors (Lipinski definition) is 3. The van der Waals surface area contributed by atoms with Crippen molar-refractivity contribution in [2.45, 2.75) is 24.5 Å². The van der Waals surface area contributed by atoms with Crippen molar-refractivity contribution in [2.75, 3.05) is 26.8 Å². The second-order valence-corrected chi connectivity index (χ2v) is 6.61. The molecular weight excluding hydrogens is 290 g/mol. The van der Waals surface area contributed by atoms with Gasteiger partial charge in [0.15, 0.2) is 0 Å². The Morgan fingerprint density at radius 1 is 1.22 bits per heavy atom. The van der Waals surface area contributed by atoms with Crippen LogP contribution in [0.2, 0.25) is 0 Å². The number of rotatable bonds is 2. The van der Waals surface area contributed by atoms with Gasteiger partial charge in [0, 0.05) is 25.7 Å². The van der Waals surface area contributed by atoms with Crippen LogP contribution >= 0.6 is 0 Å². The second kappa shape index (κ2) is 5.62. The van der Waals surface area contributed by atoms with Gasteiger partial charge in [-0.3, -0.25) is 4.79 Å². The minimum Gasteiger partial charge on any atom is -0.381 e. The summed E-state index contributed by atoms with van der Waals surface area (Å²) in [4.78, 5) is 14.6. The van der Waals surface area contributed by atoms with Crippen molar-refractivity contribution in [3.63, 3.8) is 0 Å². The van der Waals surface area contributed by atoms with E-state index in [0.29, 0.717) is 13.1 Å². The van der Waals surface area contributed by atoms with Crippen molar-refractivity contribution in [2.24, 2.45) is 0 Å². The van der Waals surface area contributed by atoms with Crippen molar-refractivity contribution < 1.29 is 14.3 Å². The zero-order valence-electron chi connectivity index (χ0n) is 13.3. The summed E-state index contributed by atoms with van der Waals surface area (Å²) in [6.45, 7) is 2.05. The highest BCUT2D eigenvalue weighted by Crippen LogP contribution is 2.36. The van der Waals surface area contributed by atoms with Crippen molar-refractivity contribution in [3.8, 4) is 0 Å². The number of amides is 1. The van der Waals surface area contributed by atoms with Crippen LogP contribution in [0.5, 0.6) is 0 Å². The van der Waals surface area contributed by atoms with Crippen LogP contribution < -0.4 is 0 Å². The van der Waals surface area contributed by atoms with Crippen molar-refractivity contribution in [3.05, 3.63) is 48.0 Å². The molecule has 0 N–H and O–H groups in total. The van der Waals surface area contributed by atoms with Gasteiger partial charge in [-0.05, 0) is 29.3 Å². The summed E-state index contributed by atoms with van der Waals surface area (Å²) >= 11 is 0. The lowest BCUT2D eigenvalue weighted by atomic mass is 9.84. The third-order valence-corrected chi connectivity index (χ3v) is 5.02. The minimum absolute atomic E-state index is 0.0875. The van der Waals surface area contributed by atoms with Crippen LogP contribution in [0, 0.1) is 0 Å². The number of carbonyl (C=O) groups is 1. The molecule has 0 aromatic heterocycles. The maximum absolute atomic E-state index is 12.7. The lowest BCUT2D eigenvalue weighted by molar-refractivity contribution is -0.181. The number of fused-ring (bicyclic) bond motifs is 1. The summed E-state index contributed by atoms with van der Waals surface area (Å²) in [5.74, 6) is 0.0875. The fourth-order valence-corrected chi connectivity index (χ4v) is 3.70. The largest absolute Gasteiger partial charge is 0.381 e. The Bertz CT molecular complexity index is 736. The van der Waals surface area contributed by atoms with E-state index >= 15 is 0 Å². The molecule has 0 aliphatic carbocycles. The topological polar surface area (TPSA) is 38.8 Å². The van der Waals surface area contributed by atoms with E-state index in [1.165, 1.54) is 0 Å². The number of methoxy groups -OCH3 is 1. The first-order valence-electron chi connectivity index (χ1n) is 8.14. The van der Waals surface area contributed by atoms with Gasteiger partial charge < -0.3 is 14.4 Å². The van der Waals surface area contributed by atoms with Crippen LogP contribution in [-0.4, -0.2) is 49.3 Å². The Hall–Kier alpha value is -1.91. The third-order valence-electron chi connectivity index (χ3n) is 5.02. The van der Waals surface area contributed by atoms with E-state index in [1.54, 1.807) is 7.11 Å². The molecule has 2 fully saturated rings. The lowest BCUT2D eigenvalue weighted by Crippen LogP contribution is -2.67. The monoisotopic (exact) mass is 311 g/mol. The highest BCUT2D eigenvalue weighted by molar-refractivity contribution is 5.99. The van der Waals surface area contributed by atoms with E-state index < -0.39 is 0 Å². The van der Waals surface area contributed by atoms with E-state index in [1.807, 2.05) is 41.3 Å². The molecule has 2 aliphatic heterocycles. The molecular formula is C19H21NO3. The van der Waals surface area contributed by atoms with Gasteiger partial charge in [0.05, 0.1) is 19.2 Å². The SMILES string of the molecule is COC1CCOC2(C1)CN(C(=O)c1ccc3ccccc3c1)C2. The normalized spacial score (nSPS) is 23.0. The summed E-state index contributed by atoms with van der Waals surface area (Å²) in [5.41, 5.74) is 0.559. The van der Waals surface area contributed by atoms with Gasteiger partial charge in [0.1, 0.15) is 5.60 Å². The van der Waals surface area contributed by atoms with Crippen LogP contribution in [-0.2, 0) is 9.47 Å². The third kappa shape index (κ3) is 2.62. The molecule has 2 saturated heterocycles. The van der Waals surface area contributed by atoms with Gasteiger partial charge >= 0.3 is 0 Å². The van der Waals surface area contributed by atoms with E-state index in [0.717, 1.165) is 35.8 Å². The van der Waals surface area contributed by atoms with Crippen LogP contribution in [0.15, 0.2) is 42.5 Å². The zero-order chi connectivity index (χ0) is 15.9. The molecule has 2 aromatic carbocycles. The molecule has 4 nitrogen and oxygen atoms in total. The fourth-order valence-electron chi connectivity index (χ4n) is 3.70. The Kier molecular flexibility index (Phi) is 3.58. The molecule has 23 heavy (non-hydrogen) atoms. The Morgan fingerprint density at radius 3 is 2.78 bits per heavy atom. The van der Waals surface area contributed by atoms with Gasteiger partial charge in [-0.25, -0.2) is 0 Å². The first kappa shape index (κ1) is 14.7. The van der Waals surface area contributed by atoms with Crippen molar-refractivity contribution in [1.29, 1.82) is 0 Å². The predicted molar refractivity (Wildman–Crippen MR) is 88.6 cm³/mol. The molecule has 120 valence electrons. The highest BCUT2D eigenvalue weighted by Gasteiger charge is 2.49. The Balaban J connectivity index is 1.48. The van der Waals surface area contributed by atoms with Gasteiger partial charge in [-0.2, -0.15) is 0 Å². The quantitative estimate of drug-likeness (QED) is 0.856. The van der Waals surface area contributed by atoms with E-state index in [4.69, 9.17) is 9.47 Å². The van der Waals surface area contributed by atoms with Crippen LogP contribution in [0.4, 0.5) is 0 Å². The first-order chi connectivity index (χ1) is 11.2.